The fraction of sp³-hybridized carbons (Fsp3) is 0.688. The zero-order valence-electron chi connectivity index (χ0n) is 13.7. The average molecular weight is 295 g/mol. The number of nitrogens with one attached hydrogen (secondary N) is 3. The number of amides is 1. The van der Waals surface area contributed by atoms with Crippen molar-refractivity contribution in [2.75, 3.05) is 6.54 Å². The molecule has 0 saturated heterocycles. The molecule has 0 aromatic carbocycles. The smallest absolute Gasteiger partial charge is 0.407 e. The molecule has 0 spiro atoms. The number of carbonyl (C=O) groups excluding carboxylic acids is 1. The fourth-order valence-electron chi connectivity index (χ4n) is 1.98. The summed E-state index contributed by atoms with van der Waals surface area (Å²) in [5.41, 5.74) is 0.689. The number of alkyl carbamates (subject to hydrolysis) is 1. The third-order valence-corrected chi connectivity index (χ3v) is 3.04. The van der Waals surface area contributed by atoms with E-state index in [0.717, 1.165) is 31.5 Å². The third-order valence-electron chi connectivity index (χ3n) is 3.04. The lowest BCUT2D eigenvalue weighted by molar-refractivity contribution is 0.0521. The standard InChI is InChI=1S/C16H29N3O2/c1-5-6-8-14(18-11-13-9-7-10-17-13)12-19-15(20)21-16(2,3)4/h7,9-10,14,17-18H,5-6,8,11-12H2,1-4H3,(H,19,20). The van der Waals surface area contributed by atoms with Gasteiger partial charge in [0.25, 0.3) is 0 Å². The maximum atomic E-state index is 11.7. The minimum atomic E-state index is -0.458. The van der Waals surface area contributed by atoms with Crippen LogP contribution in [0.2, 0.25) is 0 Å². The maximum Gasteiger partial charge on any atom is 0.407 e. The monoisotopic (exact) mass is 295 g/mol. The summed E-state index contributed by atoms with van der Waals surface area (Å²) < 4.78 is 5.26. The van der Waals surface area contributed by atoms with Gasteiger partial charge in [-0.25, -0.2) is 4.79 Å². The van der Waals surface area contributed by atoms with Crippen LogP contribution in [-0.4, -0.2) is 29.3 Å². The van der Waals surface area contributed by atoms with Crippen LogP contribution in [0.15, 0.2) is 18.3 Å². The summed E-state index contributed by atoms with van der Waals surface area (Å²) in [5, 5.41) is 6.32. The van der Waals surface area contributed by atoms with Gasteiger partial charge >= 0.3 is 6.09 Å². The summed E-state index contributed by atoms with van der Waals surface area (Å²) in [6, 6.07) is 4.28. The molecular formula is C16H29N3O2. The van der Waals surface area contributed by atoms with Gasteiger partial charge in [-0.1, -0.05) is 19.8 Å². The Morgan fingerprint density at radius 2 is 2.19 bits per heavy atom. The fourth-order valence-corrected chi connectivity index (χ4v) is 1.98. The lowest BCUT2D eigenvalue weighted by Crippen LogP contribution is -2.42. The van der Waals surface area contributed by atoms with E-state index < -0.39 is 5.60 Å². The van der Waals surface area contributed by atoms with Crippen LogP contribution in [-0.2, 0) is 11.3 Å². The number of aromatic nitrogens is 1. The molecule has 1 unspecified atom stereocenters. The second kappa shape index (κ2) is 8.72. The molecule has 120 valence electrons. The van der Waals surface area contributed by atoms with E-state index in [-0.39, 0.29) is 12.1 Å². The summed E-state index contributed by atoms with van der Waals surface area (Å²) in [5.74, 6) is 0. The molecule has 1 heterocycles. The molecule has 5 heteroatoms. The van der Waals surface area contributed by atoms with Crippen molar-refractivity contribution in [1.82, 2.24) is 15.6 Å². The zero-order valence-corrected chi connectivity index (χ0v) is 13.7. The zero-order chi connectivity index (χ0) is 15.7. The minimum absolute atomic E-state index is 0.251. The second-order valence-corrected chi connectivity index (χ2v) is 6.30. The summed E-state index contributed by atoms with van der Waals surface area (Å²) in [6.45, 7) is 9.12. The predicted octanol–water partition coefficient (Wildman–Crippen LogP) is 3.19. The van der Waals surface area contributed by atoms with Crippen LogP contribution >= 0.6 is 0 Å². The van der Waals surface area contributed by atoms with E-state index >= 15 is 0 Å². The minimum Gasteiger partial charge on any atom is -0.444 e. The van der Waals surface area contributed by atoms with Gasteiger partial charge in [-0.15, -0.1) is 0 Å². The second-order valence-electron chi connectivity index (χ2n) is 6.30. The molecule has 0 aliphatic heterocycles. The molecule has 3 N–H and O–H groups in total. The molecule has 1 atom stereocenters. The Balaban J connectivity index is 2.36. The molecule has 0 fully saturated rings. The van der Waals surface area contributed by atoms with Crippen LogP contribution in [0.25, 0.3) is 0 Å². The molecule has 0 aliphatic carbocycles. The van der Waals surface area contributed by atoms with Crippen molar-refractivity contribution in [2.45, 2.75) is 65.1 Å². The quantitative estimate of drug-likeness (QED) is 0.690. The third kappa shape index (κ3) is 8.40. The summed E-state index contributed by atoms with van der Waals surface area (Å²) in [6.07, 6.45) is 4.88. The number of rotatable bonds is 8. The first-order valence-corrected chi connectivity index (χ1v) is 7.73. The highest BCUT2D eigenvalue weighted by molar-refractivity contribution is 5.67. The van der Waals surface area contributed by atoms with Gasteiger partial charge in [-0.2, -0.15) is 0 Å². The number of carbonyl (C=O) groups is 1. The van der Waals surface area contributed by atoms with Crippen molar-refractivity contribution < 1.29 is 9.53 Å². The highest BCUT2D eigenvalue weighted by atomic mass is 16.6. The van der Waals surface area contributed by atoms with Gasteiger partial charge in [-0.05, 0) is 39.3 Å². The maximum absolute atomic E-state index is 11.7. The van der Waals surface area contributed by atoms with Gasteiger partial charge in [0, 0.05) is 31.0 Å². The van der Waals surface area contributed by atoms with Gasteiger partial charge in [0.05, 0.1) is 0 Å². The van der Waals surface area contributed by atoms with Crippen molar-refractivity contribution in [2.24, 2.45) is 0 Å². The van der Waals surface area contributed by atoms with Gasteiger partial charge in [0.15, 0.2) is 0 Å². The van der Waals surface area contributed by atoms with E-state index in [4.69, 9.17) is 4.74 Å². The van der Waals surface area contributed by atoms with E-state index in [9.17, 15) is 4.79 Å². The number of hydrogen-bond donors (Lipinski definition) is 3. The molecular weight excluding hydrogens is 266 g/mol. The first-order valence-electron chi connectivity index (χ1n) is 7.73. The first kappa shape index (κ1) is 17.6. The van der Waals surface area contributed by atoms with Crippen LogP contribution in [0.4, 0.5) is 4.79 Å². The Morgan fingerprint density at radius 1 is 1.43 bits per heavy atom. The van der Waals surface area contributed by atoms with Gasteiger partial charge in [-0.3, -0.25) is 0 Å². The predicted molar refractivity (Wildman–Crippen MR) is 85.2 cm³/mol. The van der Waals surface area contributed by atoms with Crippen LogP contribution < -0.4 is 10.6 Å². The number of ether oxygens (including phenoxy) is 1. The largest absolute Gasteiger partial charge is 0.444 e. The van der Waals surface area contributed by atoms with Gasteiger partial charge < -0.3 is 20.4 Å². The number of aromatic amines is 1. The van der Waals surface area contributed by atoms with E-state index in [2.05, 4.69) is 22.5 Å². The highest BCUT2D eigenvalue weighted by Gasteiger charge is 2.17. The summed E-state index contributed by atoms with van der Waals surface area (Å²) >= 11 is 0. The molecule has 1 rings (SSSR count). The lowest BCUT2D eigenvalue weighted by atomic mass is 10.1. The molecule has 1 aromatic rings. The molecule has 5 nitrogen and oxygen atoms in total. The number of unbranched alkanes of at least 4 members (excludes halogenated alkanes) is 1. The lowest BCUT2D eigenvalue weighted by Gasteiger charge is -2.22. The SMILES string of the molecule is CCCCC(CNC(=O)OC(C)(C)C)NCc1ccc[nH]1. The molecule has 0 aliphatic rings. The molecule has 1 amide bonds. The molecule has 0 radical (unpaired) electrons. The molecule has 0 bridgehead atoms. The number of H-pyrrole nitrogens is 1. The Hall–Kier alpha value is -1.49. The Labute approximate surface area is 127 Å². The van der Waals surface area contributed by atoms with Gasteiger partial charge in [0.1, 0.15) is 5.60 Å². The van der Waals surface area contributed by atoms with Crippen molar-refractivity contribution in [1.29, 1.82) is 0 Å². The van der Waals surface area contributed by atoms with Crippen molar-refractivity contribution >= 4 is 6.09 Å². The van der Waals surface area contributed by atoms with Crippen LogP contribution in [0.3, 0.4) is 0 Å². The van der Waals surface area contributed by atoms with E-state index in [1.807, 2.05) is 39.1 Å². The Kier molecular flexibility index (Phi) is 7.29. The highest BCUT2D eigenvalue weighted by Crippen LogP contribution is 2.07. The van der Waals surface area contributed by atoms with Crippen LogP contribution in [0.1, 0.15) is 52.7 Å². The number of hydrogen-bond acceptors (Lipinski definition) is 3. The molecule has 21 heavy (non-hydrogen) atoms. The van der Waals surface area contributed by atoms with Crippen molar-refractivity contribution in [3.63, 3.8) is 0 Å². The first-order chi connectivity index (χ1) is 9.90. The van der Waals surface area contributed by atoms with E-state index in [0.29, 0.717) is 6.54 Å². The van der Waals surface area contributed by atoms with Crippen molar-refractivity contribution in [3.05, 3.63) is 24.0 Å². The van der Waals surface area contributed by atoms with Gasteiger partial charge in [0.2, 0.25) is 0 Å². The molecule has 0 saturated carbocycles. The average Bonchev–Trinajstić information content (AvgIpc) is 2.89. The molecule has 1 aromatic heterocycles. The Morgan fingerprint density at radius 3 is 2.76 bits per heavy atom. The Bertz CT molecular complexity index is 396. The van der Waals surface area contributed by atoms with E-state index in [1.165, 1.54) is 0 Å². The topological polar surface area (TPSA) is 66.2 Å². The van der Waals surface area contributed by atoms with E-state index in [1.54, 1.807) is 0 Å². The van der Waals surface area contributed by atoms with Crippen molar-refractivity contribution in [3.8, 4) is 0 Å². The van der Waals surface area contributed by atoms with Crippen LogP contribution in [0.5, 0.6) is 0 Å². The van der Waals surface area contributed by atoms with Crippen LogP contribution in [0, 0.1) is 0 Å². The summed E-state index contributed by atoms with van der Waals surface area (Å²) in [4.78, 5) is 14.9. The summed E-state index contributed by atoms with van der Waals surface area (Å²) in [7, 11) is 0. The normalized spacial score (nSPS) is 13.0.